The summed E-state index contributed by atoms with van der Waals surface area (Å²) in [6, 6.07) is 6.88. The minimum atomic E-state index is -5.19. The molecule has 0 aromatic heterocycles. The lowest BCUT2D eigenvalue weighted by Crippen LogP contribution is -2.14. The lowest BCUT2D eigenvalue weighted by molar-refractivity contribution is -0.143. The van der Waals surface area contributed by atoms with E-state index in [1.54, 1.807) is 24.3 Å². The van der Waals surface area contributed by atoms with Crippen LogP contribution in [0.4, 0.5) is 26.3 Å². The molecule has 0 heterocycles. The smallest absolute Gasteiger partial charge is 0.265 e. The average Bonchev–Trinajstić information content (AvgIpc) is 2.70. The zero-order valence-electron chi connectivity index (χ0n) is 16.7. The predicted octanol–water partition coefficient (Wildman–Crippen LogP) is 6.37. The molecule has 0 amide bonds. The molecule has 11 heteroatoms. The summed E-state index contributed by atoms with van der Waals surface area (Å²) in [5.41, 5.74) is -1.96. The van der Waals surface area contributed by atoms with E-state index in [4.69, 9.17) is 0 Å². The van der Waals surface area contributed by atoms with Crippen molar-refractivity contribution in [1.82, 2.24) is 0 Å². The molecule has 2 rings (SSSR count). The Bertz CT molecular complexity index is 1030. The second-order valence-corrected chi connectivity index (χ2v) is 8.41. The molecule has 0 bridgehead atoms. The first-order chi connectivity index (χ1) is 14.1. The number of hydrogen-bond acceptors (Lipinski definition) is 4. The van der Waals surface area contributed by atoms with Gasteiger partial charge in [0.2, 0.25) is 0 Å². The highest BCUT2D eigenvalue weighted by Gasteiger charge is 2.38. The molecular formula is C20H19F6NO3S. The number of alkyl halides is 6. The molecule has 0 fully saturated rings. The lowest BCUT2D eigenvalue weighted by Gasteiger charge is -2.13. The van der Waals surface area contributed by atoms with Crippen LogP contribution in [0.15, 0.2) is 52.5 Å². The van der Waals surface area contributed by atoms with Crippen LogP contribution in [-0.4, -0.2) is 14.1 Å². The first kappa shape index (κ1) is 24.7. The van der Waals surface area contributed by atoms with E-state index in [2.05, 4.69) is 9.44 Å². The van der Waals surface area contributed by atoms with Crippen LogP contribution in [0.25, 0.3) is 0 Å². The van der Waals surface area contributed by atoms with Crippen molar-refractivity contribution in [2.75, 3.05) is 0 Å². The fourth-order valence-corrected chi connectivity index (χ4v) is 3.40. The van der Waals surface area contributed by atoms with Gasteiger partial charge in [0.15, 0.2) is 0 Å². The highest BCUT2D eigenvalue weighted by molar-refractivity contribution is 7.86. The maximum Gasteiger partial charge on any atom is 0.416 e. The minimum absolute atomic E-state index is 0.0658. The second-order valence-electron chi connectivity index (χ2n) is 6.88. The van der Waals surface area contributed by atoms with Gasteiger partial charge in [-0.05, 0) is 48.6 Å². The molecule has 31 heavy (non-hydrogen) atoms. The van der Waals surface area contributed by atoms with Gasteiger partial charge in [0.1, 0.15) is 4.90 Å². The van der Waals surface area contributed by atoms with E-state index in [0.29, 0.717) is 11.5 Å². The normalized spacial score (nSPS) is 14.4. The van der Waals surface area contributed by atoms with Gasteiger partial charge in [-0.25, -0.2) is 0 Å². The van der Waals surface area contributed by atoms with E-state index in [-0.39, 0.29) is 23.9 Å². The van der Waals surface area contributed by atoms with Crippen LogP contribution in [0.2, 0.25) is 0 Å². The monoisotopic (exact) mass is 467 g/mol. The Kier molecular flexibility index (Phi) is 7.09. The van der Waals surface area contributed by atoms with E-state index in [1.807, 2.05) is 13.8 Å². The summed E-state index contributed by atoms with van der Waals surface area (Å²) in [6.45, 7) is 5.43. The van der Waals surface area contributed by atoms with Crippen LogP contribution < -0.4 is 0 Å². The number of rotatable bonds is 6. The Labute approximate surface area is 175 Å². The molecular weight excluding hydrogens is 448 g/mol. The molecule has 1 atom stereocenters. The standard InChI is InChI=1S/C20H19F6NO3S/c1-4-12(2)14-5-7-15(8-6-14)13(3)27-30-31(28,29)18-10-16(19(21,22)23)9-17(11-18)20(24,25)26/h5-12H,4H2,1-3H3/b27-13+. The highest BCUT2D eigenvalue weighted by Crippen LogP contribution is 2.37. The molecule has 0 saturated heterocycles. The van der Waals surface area contributed by atoms with Gasteiger partial charge in [-0.2, -0.15) is 34.8 Å². The predicted molar refractivity (Wildman–Crippen MR) is 102 cm³/mol. The molecule has 170 valence electrons. The van der Waals surface area contributed by atoms with Crippen molar-refractivity contribution >= 4 is 15.8 Å². The van der Waals surface area contributed by atoms with Crippen LogP contribution >= 0.6 is 0 Å². The van der Waals surface area contributed by atoms with Crippen LogP contribution in [0.3, 0.4) is 0 Å². The van der Waals surface area contributed by atoms with E-state index >= 15 is 0 Å². The Morgan fingerprint density at radius 1 is 0.968 bits per heavy atom. The van der Waals surface area contributed by atoms with Gasteiger partial charge in [0.25, 0.3) is 0 Å². The lowest BCUT2D eigenvalue weighted by atomic mass is 9.97. The molecule has 0 aliphatic heterocycles. The number of hydrogen-bond donors (Lipinski definition) is 0. The topological polar surface area (TPSA) is 55.7 Å². The molecule has 0 N–H and O–H groups in total. The van der Waals surface area contributed by atoms with Gasteiger partial charge in [-0.15, -0.1) is 0 Å². The number of benzene rings is 2. The molecule has 1 unspecified atom stereocenters. The van der Waals surface area contributed by atoms with Gasteiger partial charge in [-0.3, -0.25) is 4.28 Å². The SMILES string of the molecule is CCC(C)c1ccc(/C(C)=N/OS(=O)(=O)c2cc(C(F)(F)F)cc(C(F)(F)F)c2)cc1. The number of nitrogens with zero attached hydrogens (tertiary/aromatic N) is 1. The third-order valence-corrected chi connectivity index (χ3v) is 5.72. The summed E-state index contributed by atoms with van der Waals surface area (Å²) in [4.78, 5) is -1.31. The first-order valence-corrected chi connectivity index (χ1v) is 10.4. The van der Waals surface area contributed by atoms with E-state index in [1.165, 1.54) is 6.92 Å². The highest BCUT2D eigenvalue weighted by atomic mass is 32.2. The molecule has 0 spiro atoms. The van der Waals surface area contributed by atoms with Gasteiger partial charge < -0.3 is 0 Å². The van der Waals surface area contributed by atoms with E-state index < -0.39 is 38.5 Å². The molecule has 0 aliphatic rings. The molecule has 4 nitrogen and oxygen atoms in total. The molecule has 0 radical (unpaired) electrons. The number of halogens is 6. The maximum absolute atomic E-state index is 12.9. The van der Waals surface area contributed by atoms with Crippen LogP contribution in [0.5, 0.6) is 0 Å². The van der Waals surface area contributed by atoms with Crippen molar-refractivity contribution in [3.8, 4) is 0 Å². The van der Waals surface area contributed by atoms with Gasteiger partial charge in [-0.1, -0.05) is 43.3 Å². The van der Waals surface area contributed by atoms with Crippen molar-refractivity contribution < 1.29 is 39.0 Å². The van der Waals surface area contributed by atoms with Gasteiger partial charge in [0.05, 0.1) is 16.8 Å². The van der Waals surface area contributed by atoms with Crippen molar-refractivity contribution in [2.24, 2.45) is 5.16 Å². The summed E-state index contributed by atoms with van der Waals surface area (Å²) >= 11 is 0. The Balaban J connectivity index is 2.37. The van der Waals surface area contributed by atoms with Crippen LogP contribution in [0.1, 0.15) is 55.4 Å². The zero-order valence-corrected chi connectivity index (χ0v) is 17.5. The fraction of sp³-hybridized carbons (Fsp3) is 0.350. The average molecular weight is 467 g/mol. The Morgan fingerprint density at radius 3 is 1.87 bits per heavy atom. The summed E-state index contributed by atoms with van der Waals surface area (Å²) in [7, 11) is -5.04. The van der Waals surface area contributed by atoms with Crippen molar-refractivity contribution in [2.45, 2.75) is 50.4 Å². The van der Waals surface area contributed by atoms with Crippen LogP contribution in [0, 0.1) is 0 Å². The third kappa shape index (κ3) is 6.22. The van der Waals surface area contributed by atoms with Crippen molar-refractivity contribution in [3.63, 3.8) is 0 Å². The Morgan fingerprint density at radius 2 is 1.45 bits per heavy atom. The molecule has 0 aliphatic carbocycles. The molecule has 0 saturated carbocycles. The summed E-state index contributed by atoms with van der Waals surface area (Å²) in [5.74, 6) is 0.298. The second kappa shape index (κ2) is 8.89. The minimum Gasteiger partial charge on any atom is -0.265 e. The summed E-state index contributed by atoms with van der Waals surface area (Å²) < 4.78 is 107. The summed E-state index contributed by atoms with van der Waals surface area (Å²) in [5, 5.41) is 3.39. The quantitative estimate of drug-likeness (QED) is 0.282. The van der Waals surface area contributed by atoms with Gasteiger partial charge >= 0.3 is 22.5 Å². The fourth-order valence-electron chi connectivity index (χ4n) is 2.56. The van der Waals surface area contributed by atoms with Crippen LogP contribution in [-0.2, 0) is 26.8 Å². The van der Waals surface area contributed by atoms with E-state index in [9.17, 15) is 34.8 Å². The third-order valence-electron chi connectivity index (χ3n) is 4.63. The Hall–Kier alpha value is -2.56. The van der Waals surface area contributed by atoms with Crippen molar-refractivity contribution in [1.29, 1.82) is 0 Å². The number of oxime groups is 1. The molecule has 2 aromatic carbocycles. The maximum atomic E-state index is 12.9. The van der Waals surface area contributed by atoms with E-state index in [0.717, 1.165) is 12.0 Å². The zero-order chi connectivity index (χ0) is 23.6. The largest absolute Gasteiger partial charge is 0.416 e. The van der Waals surface area contributed by atoms with Gasteiger partial charge in [0, 0.05) is 0 Å². The molecule has 2 aromatic rings. The first-order valence-electron chi connectivity index (χ1n) is 9.03. The summed E-state index contributed by atoms with van der Waals surface area (Å²) in [6.07, 6.45) is -9.48. The van der Waals surface area contributed by atoms with Crippen molar-refractivity contribution in [3.05, 3.63) is 64.7 Å².